The van der Waals surface area contributed by atoms with Crippen LogP contribution in [0.25, 0.3) is 0 Å². The highest BCUT2D eigenvalue weighted by molar-refractivity contribution is 5.98. The summed E-state index contributed by atoms with van der Waals surface area (Å²) in [5.74, 6) is 0.242. The van der Waals surface area contributed by atoms with Gasteiger partial charge in [0, 0.05) is 28.8 Å². The lowest BCUT2D eigenvalue weighted by atomic mass is 9.77. The third kappa shape index (κ3) is 2.57. The van der Waals surface area contributed by atoms with E-state index in [4.69, 9.17) is 15.2 Å². The third-order valence-electron chi connectivity index (χ3n) is 5.26. The predicted molar refractivity (Wildman–Crippen MR) is 108 cm³/mol. The summed E-state index contributed by atoms with van der Waals surface area (Å²) in [7, 11) is 0. The molecule has 2 heterocycles. The minimum absolute atomic E-state index is 0. The molecule has 29 heavy (non-hydrogen) atoms. The van der Waals surface area contributed by atoms with Crippen LogP contribution in [0.1, 0.15) is 25.5 Å². The number of ether oxygens (including phenoxy) is 2. The fourth-order valence-corrected chi connectivity index (χ4v) is 3.93. The van der Waals surface area contributed by atoms with Gasteiger partial charge in [-0.2, -0.15) is 0 Å². The van der Waals surface area contributed by atoms with Gasteiger partial charge in [-0.05, 0) is 37.3 Å². The van der Waals surface area contributed by atoms with Crippen molar-refractivity contribution in [3.8, 4) is 23.0 Å². The van der Waals surface area contributed by atoms with Gasteiger partial charge in [-0.25, -0.2) is 4.79 Å². The van der Waals surface area contributed by atoms with Crippen molar-refractivity contribution < 1.29 is 24.5 Å². The molecule has 3 aliphatic rings. The quantitative estimate of drug-likeness (QED) is 0.591. The SMILES string of the molecule is C.CC1(N)C=CC2=C(C=C1)C1(OC2=O)c2ccc(O)cc2Oc2cc(O)ccc21. The lowest BCUT2D eigenvalue weighted by molar-refractivity contribution is -0.144. The first-order valence-corrected chi connectivity index (χ1v) is 8.80. The van der Waals surface area contributed by atoms with Crippen molar-refractivity contribution in [2.45, 2.75) is 25.5 Å². The first kappa shape index (κ1) is 18.8. The maximum atomic E-state index is 12.9. The average Bonchev–Trinajstić information content (AvgIpc) is 2.78. The summed E-state index contributed by atoms with van der Waals surface area (Å²) < 4.78 is 11.9. The molecule has 2 aromatic carbocycles. The van der Waals surface area contributed by atoms with Crippen LogP contribution in [-0.4, -0.2) is 21.7 Å². The van der Waals surface area contributed by atoms with Crippen molar-refractivity contribution in [1.29, 1.82) is 0 Å². The molecule has 0 saturated heterocycles. The van der Waals surface area contributed by atoms with Crippen LogP contribution in [0.15, 0.2) is 71.8 Å². The zero-order valence-electron chi connectivity index (χ0n) is 15.0. The summed E-state index contributed by atoms with van der Waals surface area (Å²) in [4.78, 5) is 12.9. The number of phenolic OH excluding ortho intramolecular Hbond substituents is 2. The van der Waals surface area contributed by atoms with Gasteiger partial charge < -0.3 is 25.4 Å². The number of hydrogen-bond donors (Lipinski definition) is 3. The Morgan fingerprint density at radius 1 is 0.931 bits per heavy atom. The Balaban J connectivity index is 0.00000205. The number of phenols is 2. The van der Waals surface area contributed by atoms with Gasteiger partial charge in [0.2, 0.25) is 0 Å². The van der Waals surface area contributed by atoms with E-state index in [1.165, 1.54) is 24.3 Å². The molecule has 1 aliphatic carbocycles. The molecule has 0 bridgehead atoms. The Bertz CT molecular complexity index is 1090. The van der Waals surface area contributed by atoms with Crippen molar-refractivity contribution in [2.75, 3.05) is 0 Å². The first-order chi connectivity index (χ1) is 13.3. The molecule has 0 fully saturated rings. The third-order valence-corrected chi connectivity index (χ3v) is 5.26. The average molecular weight is 391 g/mol. The molecule has 2 aromatic rings. The van der Waals surface area contributed by atoms with Crippen molar-refractivity contribution in [1.82, 2.24) is 0 Å². The van der Waals surface area contributed by atoms with Crippen LogP contribution in [0.4, 0.5) is 0 Å². The van der Waals surface area contributed by atoms with Gasteiger partial charge in [0.25, 0.3) is 0 Å². The van der Waals surface area contributed by atoms with Crippen molar-refractivity contribution in [3.05, 3.63) is 83.0 Å². The van der Waals surface area contributed by atoms with E-state index in [-0.39, 0.29) is 18.9 Å². The molecule has 0 radical (unpaired) electrons. The summed E-state index contributed by atoms with van der Waals surface area (Å²) in [6.45, 7) is 1.84. The lowest BCUT2D eigenvalue weighted by Crippen LogP contribution is -2.34. The van der Waals surface area contributed by atoms with Gasteiger partial charge >= 0.3 is 5.97 Å². The summed E-state index contributed by atoms with van der Waals surface area (Å²) in [6.07, 6.45) is 7.05. The van der Waals surface area contributed by atoms with Crippen molar-refractivity contribution in [3.63, 3.8) is 0 Å². The highest BCUT2D eigenvalue weighted by atomic mass is 16.6. The number of nitrogens with two attached hydrogens (primary N) is 1. The molecule has 1 spiro atoms. The molecule has 6 heteroatoms. The topological polar surface area (TPSA) is 102 Å². The normalized spacial score (nSPS) is 22.8. The summed E-state index contributed by atoms with van der Waals surface area (Å²) in [6, 6.07) is 9.30. The summed E-state index contributed by atoms with van der Waals surface area (Å²) in [5, 5.41) is 19.9. The van der Waals surface area contributed by atoms with E-state index in [0.717, 1.165) is 0 Å². The van der Waals surface area contributed by atoms with Gasteiger partial charge in [0.15, 0.2) is 5.60 Å². The largest absolute Gasteiger partial charge is 0.508 e. The molecule has 2 aliphatic heterocycles. The van der Waals surface area contributed by atoms with E-state index in [1.807, 2.05) is 13.0 Å². The number of carbonyl (C=O) groups excluding carboxylic acids is 1. The maximum Gasteiger partial charge on any atom is 0.340 e. The van der Waals surface area contributed by atoms with Crippen LogP contribution >= 0.6 is 0 Å². The van der Waals surface area contributed by atoms with Gasteiger partial charge in [-0.1, -0.05) is 25.7 Å². The molecule has 1 atom stereocenters. The van der Waals surface area contributed by atoms with Gasteiger partial charge in [0.1, 0.15) is 23.0 Å². The highest BCUT2D eigenvalue weighted by Gasteiger charge is 2.54. The molecule has 0 aromatic heterocycles. The molecular weight excluding hydrogens is 370 g/mol. The van der Waals surface area contributed by atoms with Crippen LogP contribution in [-0.2, 0) is 15.1 Å². The summed E-state index contributed by atoms with van der Waals surface area (Å²) in [5.41, 5.74) is 6.45. The fraction of sp³-hybridized carbons (Fsp3) is 0.174. The Labute approximate surface area is 168 Å². The number of carbonyl (C=O) groups is 1. The van der Waals surface area contributed by atoms with E-state index in [0.29, 0.717) is 33.8 Å². The number of benzene rings is 2. The second-order valence-corrected chi connectivity index (χ2v) is 7.39. The van der Waals surface area contributed by atoms with Crippen LogP contribution in [0.5, 0.6) is 23.0 Å². The van der Waals surface area contributed by atoms with Gasteiger partial charge in [-0.3, -0.25) is 0 Å². The van der Waals surface area contributed by atoms with E-state index >= 15 is 0 Å². The van der Waals surface area contributed by atoms with E-state index < -0.39 is 17.1 Å². The molecule has 6 nitrogen and oxygen atoms in total. The van der Waals surface area contributed by atoms with Crippen LogP contribution in [0, 0.1) is 0 Å². The molecule has 4 N–H and O–H groups in total. The molecule has 148 valence electrons. The molecular formula is C23H21NO5. The number of aromatic hydroxyl groups is 2. The highest BCUT2D eigenvalue weighted by Crippen LogP contribution is 2.57. The Morgan fingerprint density at radius 3 is 2.07 bits per heavy atom. The number of hydrogen-bond acceptors (Lipinski definition) is 6. The second kappa shape index (κ2) is 5.99. The zero-order valence-corrected chi connectivity index (χ0v) is 15.0. The van der Waals surface area contributed by atoms with Crippen LogP contribution in [0.3, 0.4) is 0 Å². The number of esters is 1. The fourth-order valence-electron chi connectivity index (χ4n) is 3.93. The molecule has 0 saturated carbocycles. The molecule has 0 amide bonds. The second-order valence-electron chi connectivity index (χ2n) is 7.39. The van der Waals surface area contributed by atoms with E-state index in [2.05, 4.69) is 0 Å². The Hall–Kier alpha value is -3.51. The Kier molecular flexibility index (Phi) is 3.89. The zero-order chi connectivity index (χ0) is 19.7. The molecule has 5 rings (SSSR count). The minimum Gasteiger partial charge on any atom is -0.508 e. The lowest BCUT2D eigenvalue weighted by Gasteiger charge is -2.37. The van der Waals surface area contributed by atoms with Crippen molar-refractivity contribution in [2.24, 2.45) is 5.73 Å². The van der Waals surface area contributed by atoms with Crippen LogP contribution < -0.4 is 10.5 Å². The molecule has 1 unspecified atom stereocenters. The van der Waals surface area contributed by atoms with Crippen LogP contribution in [0.2, 0.25) is 0 Å². The predicted octanol–water partition coefficient (Wildman–Crippen LogP) is 3.78. The van der Waals surface area contributed by atoms with E-state index in [9.17, 15) is 15.0 Å². The van der Waals surface area contributed by atoms with Crippen molar-refractivity contribution >= 4 is 5.97 Å². The Morgan fingerprint density at radius 2 is 1.48 bits per heavy atom. The number of rotatable bonds is 0. The maximum absolute atomic E-state index is 12.9. The number of fused-ring (bicyclic) bond motifs is 5. The minimum atomic E-state index is -1.27. The smallest absolute Gasteiger partial charge is 0.340 e. The van der Waals surface area contributed by atoms with E-state index in [1.54, 1.807) is 30.4 Å². The first-order valence-electron chi connectivity index (χ1n) is 8.80. The summed E-state index contributed by atoms with van der Waals surface area (Å²) >= 11 is 0. The standard InChI is InChI=1S/C22H17NO5.CH4/c1-21(23)8-6-14-15(7-9-21)22(28-20(14)26)16-4-2-12(24)10-18(16)27-19-11-13(25)3-5-17(19)22;/h2-11,24-25H,23H2,1H3;1H4. The monoisotopic (exact) mass is 391 g/mol. The van der Waals surface area contributed by atoms with Gasteiger partial charge in [0.05, 0.1) is 11.1 Å². The van der Waals surface area contributed by atoms with Gasteiger partial charge in [-0.15, -0.1) is 0 Å².